The van der Waals surface area contributed by atoms with Gasteiger partial charge in [0, 0.05) is 6.04 Å². The van der Waals surface area contributed by atoms with E-state index in [1.165, 1.54) is 57.8 Å². The largest absolute Gasteiger partial charge is 0.314 e. The number of nitrogens with one attached hydrogen (secondary N) is 1. The van der Waals surface area contributed by atoms with Crippen LogP contribution >= 0.6 is 0 Å². The monoisotopic (exact) mass is 279 g/mol. The van der Waals surface area contributed by atoms with Crippen LogP contribution in [0.15, 0.2) is 0 Å². The molecule has 0 aromatic heterocycles. The zero-order valence-corrected chi connectivity index (χ0v) is 14.4. The summed E-state index contributed by atoms with van der Waals surface area (Å²) in [4.78, 5) is 0. The average molecular weight is 280 g/mol. The molecule has 2 rings (SSSR count). The summed E-state index contributed by atoms with van der Waals surface area (Å²) in [5.41, 5.74) is 0.603. The lowest BCUT2D eigenvalue weighted by molar-refractivity contribution is 0.109. The van der Waals surface area contributed by atoms with Crippen LogP contribution < -0.4 is 5.32 Å². The molecule has 1 N–H and O–H groups in total. The Morgan fingerprint density at radius 1 is 1.00 bits per heavy atom. The summed E-state index contributed by atoms with van der Waals surface area (Å²) in [5.74, 6) is 2.92. The molecule has 1 heteroatoms. The summed E-state index contributed by atoms with van der Waals surface area (Å²) in [6, 6.07) is 0.811. The van der Waals surface area contributed by atoms with Gasteiger partial charge in [-0.2, -0.15) is 0 Å². The second-order valence-corrected chi connectivity index (χ2v) is 8.29. The van der Waals surface area contributed by atoms with Crippen molar-refractivity contribution in [2.75, 3.05) is 6.54 Å². The van der Waals surface area contributed by atoms with Crippen molar-refractivity contribution in [3.63, 3.8) is 0 Å². The molecule has 0 bridgehead atoms. The smallest absolute Gasteiger partial charge is 0.0124 e. The van der Waals surface area contributed by atoms with E-state index in [0.717, 1.165) is 30.3 Å². The normalized spacial score (nSPS) is 33.0. The Kier molecular flexibility index (Phi) is 5.95. The van der Waals surface area contributed by atoms with Crippen LogP contribution in [0.3, 0.4) is 0 Å². The second kappa shape index (κ2) is 7.29. The Labute approximate surface area is 127 Å². The molecule has 118 valence electrons. The molecule has 0 aromatic carbocycles. The third-order valence-electron chi connectivity index (χ3n) is 6.24. The first-order valence-electron chi connectivity index (χ1n) is 9.29. The lowest BCUT2D eigenvalue weighted by Crippen LogP contribution is -2.45. The fourth-order valence-electron chi connectivity index (χ4n) is 4.76. The van der Waals surface area contributed by atoms with Crippen molar-refractivity contribution in [3.8, 4) is 0 Å². The highest BCUT2D eigenvalue weighted by atomic mass is 14.9. The van der Waals surface area contributed by atoms with Crippen LogP contribution in [0.4, 0.5) is 0 Å². The highest BCUT2D eigenvalue weighted by molar-refractivity contribution is 4.90. The summed E-state index contributed by atoms with van der Waals surface area (Å²) < 4.78 is 0. The summed E-state index contributed by atoms with van der Waals surface area (Å²) >= 11 is 0. The van der Waals surface area contributed by atoms with E-state index in [-0.39, 0.29) is 0 Å². The Balaban J connectivity index is 1.96. The summed E-state index contributed by atoms with van der Waals surface area (Å²) in [6.45, 7) is 10.7. The molecule has 3 atom stereocenters. The SMILES string of the molecule is CCNC(C1CCC(C)(C)CC1)C1CCCC(CC)C1. The van der Waals surface area contributed by atoms with Gasteiger partial charge in [-0.15, -0.1) is 0 Å². The van der Waals surface area contributed by atoms with Gasteiger partial charge < -0.3 is 5.32 Å². The molecule has 0 spiro atoms. The van der Waals surface area contributed by atoms with Crippen molar-refractivity contribution >= 4 is 0 Å². The van der Waals surface area contributed by atoms with Gasteiger partial charge in [0.1, 0.15) is 0 Å². The van der Waals surface area contributed by atoms with E-state index in [1.54, 1.807) is 0 Å². The molecule has 0 heterocycles. The molecule has 2 fully saturated rings. The standard InChI is InChI=1S/C19H37N/c1-5-15-8-7-9-17(14-15)18(20-6-2)16-10-12-19(3,4)13-11-16/h15-18,20H,5-14H2,1-4H3. The molecular formula is C19H37N. The molecular weight excluding hydrogens is 242 g/mol. The van der Waals surface area contributed by atoms with E-state index in [4.69, 9.17) is 0 Å². The van der Waals surface area contributed by atoms with Gasteiger partial charge in [0.2, 0.25) is 0 Å². The van der Waals surface area contributed by atoms with Gasteiger partial charge in [-0.1, -0.05) is 47.0 Å². The maximum absolute atomic E-state index is 3.89. The first-order chi connectivity index (χ1) is 9.55. The zero-order valence-electron chi connectivity index (χ0n) is 14.4. The Morgan fingerprint density at radius 2 is 1.70 bits per heavy atom. The van der Waals surface area contributed by atoms with E-state index in [9.17, 15) is 0 Å². The van der Waals surface area contributed by atoms with Gasteiger partial charge in [-0.3, -0.25) is 0 Å². The van der Waals surface area contributed by atoms with E-state index >= 15 is 0 Å². The van der Waals surface area contributed by atoms with Gasteiger partial charge in [-0.25, -0.2) is 0 Å². The van der Waals surface area contributed by atoms with Gasteiger partial charge >= 0.3 is 0 Å². The molecule has 0 amide bonds. The molecule has 0 aromatic rings. The van der Waals surface area contributed by atoms with Crippen LogP contribution in [0.1, 0.15) is 85.5 Å². The zero-order chi connectivity index (χ0) is 14.6. The van der Waals surface area contributed by atoms with Gasteiger partial charge in [-0.05, 0) is 68.2 Å². The molecule has 0 aliphatic heterocycles. The molecule has 2 aliphatic carbocycles. The lowest BCUT2D eigenvalue weighted by Gasteiger charge is -2.43. The predicted molar refractivity (Wildman–Crippen MR) is 88.9 cm³/mol. The van der Waals surface area contributed by atoms with Gasteiger partial charge in [0.15, 0.2) is 0 Å². The molecule has 2 saturated carbocycles. The van der Waals surface area contributed by atoms with Gasteiger partial charge in [0.25, 0.3) is 0 Å². The fraction of sp³-hybridized carbons (Fsp3) is 1.00. The Hall–Kier alpha value is -0.0400. The van der Waals surface area contributed by atoms with Crippen LogP contribution in [0.25, 0.3) is 0 Å². The van der Waals surface area contributed by atoms with Crippen LogP contribution in [-0.4, -0.2) is 12.6 Å². The molecule has 0 saturated heterocycles. The van der Waals surface area contributed by atoms with Crippen LogP contribution in [0, 0.1) is 23.2 Å². The average Bonchev–Trinajstić information content (AvgIpc) is 2.45. The van der Waals surface area contributed by atoms with Crippen molar-refractivity contribution in [2.45, 2.75) is 91.5 Å². The molecule has 3 unspecified atom stereocenters. The van der Waals surface area contributed by atoms with Crippen LogP contribution in [-0.2, 0) is 0 Å². The molecule has 0 radical (unpaired) electrons. The topological polar surface area (TPSA) is 12.0 Å². The highest BCUT2D eigenvalue weighted by Gasteiger charge is 2.36. The Bertz CT molecular complexity index is 273. The summed E-state index contributed by atoms with van der Waals surface area (Å²) in [7, 11) is 0. The first-order valence-corrected chi connectivity index (χ1v) is 9.29. The number of hydrogen-bond donors (Lipinski definition) is 1. The van der Waals surface area contributed by atoms with Crippen LogP contribution in [0.5, 0.6) is 0 Å². The van der Waals surface area contributed by atoms with E-state index < -0.39 is 0 Å². The highest BCUT2D eigenvalue weighted by Crippen LogP contribution is 2.43. The van der Waals surface area contributed by atoms with Crippen molar-refractivity contribution in [1.29, 1.82) is 0 Å². The van der Waals surface area contributed by atoms with E-state index in [2.05, 4.69) is 33.0 Å². The molecule has 20 heavy (non-hydrogen) atoms. The Morgan fingerprint density at radius 3 is 2.30 bits per heavy atom. The molecule has 2 aliphatic rings. The number of rotatable bonds is 5. The quantitative estimate of drug-likeness (QED) is 0.710. The van der Waals surface area contributed by atoms with Crippen molar-refractivity contribution in [1.82, 2.24) is 5.32 Å². The molecule has 1 nitrogen and oxygen atoms in total. The van der Waals surface area contributed by atoms with Gasteiger partial charge in [0.05, 0.1) is 0 Å². The maximum atomic E-state index is 3.89. The van der Waals surface area contributed by atoms with E-state index in [0.29, 0.717) is 5.41 Å². The van der Waals surface area contributed by atoms with E-state index in [1.807, 2.05) is 0 Å². The predicted octanol–water partition coefficient (Wildman–Crippen LogP) is 5.40. The summed E-state index contributed by atoms with van der Waals surface area (Å²) in [5, 5.41) is 3.89. The number of hydrogen-bond acceptors (Lipinski definition) is 1. The van der Waals surface area contributed by atoms with Crippen molar-refractivity contribution in [2.24, 2.45) is 23.2 Å². The third kappa shape index (κ3) is 4.23. The fourth-order valence-corrected chi connectivity index (χ4v) is 4.76. The third-order valence-corrected chi connectivity index (χ3v) is 6.24. The summed E-state index contributed by atoms with van der Waals surface area (Å²) in [6.07, 6.45) is 13.1. The lowest BCUT2D eigenvalue weighted by atomic mass is 9.66. The first kappa shape index (κ1) is 16.3. The minimum atomic E-state index is 0.603. The minimum absolute atomic E-state index is 0.603. The van der Waals surface area contributed by atoms with Crippen molar-refractivity contribution in [3.05, 3.63) is 0 Å². The second-order valence-electron chi connectivity index (χ2n) is 8.29. The minimum Gasteiger partial charge on any atom is -0.314 e. The maximum Gasteiger partial charge on any atom is 0.0124 e. The van der Waals surface area contributed by atoms with Crippen molar-refractivity contribution < 1.29 is 0 Å². The van der Waals surface area contributed by atoms with Crippen LogP contribution in [0.2, 0.25) is 0 Å².